The van der Waals surface area contributed by atoms with Crippen LogP contribution in [-0.4, -0.2) is 66.0 Å². The van der Waals surface area contributed by atoms with Gasteiger partial charge >= 0.3 is 6.61 Å². The van der Waals surface area contributed by atoms with Crippen molar-refractivity contribution >= 4 is 45.5 Å². The molecule has 4 bridgehead atoms. The van der Waals surface area contributed by atoms with Gasteiger partial charge < -0.3 is 29.8 Å². The lowest BCUT2D eigenvalue weighted by molar-refractivity contribution is -0.0490. The Hall–Kier alpha value is -4.62. The summed E-state index contributed by atoms with van der Waals surface area (Å²) >= 11 is 6.23. The van der Waals surface area contributed by atoms with Gasteiger partial charge in [0.1, 0.15) is 16.3 Å². The van der Waals surface area contributed by atoms with E-state index in [1.165, 1.54) is 6.07 Å². The number of nitrogens with one attached hydrogen (secondary N) is 1. The normalized spacial score (nSPS) is 23.4. The van der Waals surface area contributed by atoms with Gasteiger partial charge in [-0.3, -0.25) is 9.59 Å². The van der Waals surface area contributed by atoms with Crippen molar-refractivity contribution < 1.29 is 23.1 Å². The van der Waals surface area contributed by atoms with Gasteiger partial charge in [-0.1, -0.05) is 18.0 Å². The minimum Gasteiger partial charge on any atom is -0.432 e. The van der Waals surface area contributed by atoms with Gasteiger partial charge in [-0.25, -0.2) is 15.0 Å². The van der Waals surface area contributed by atoms with Gasteiger partial charge in [-0.15, -0.1) is 0 Å². The molecule has 2 aliphatic heterocycles. The number of nitrogens with zero attached hydrogens (tertiary/aromatic N) is 6. The van der Waals surface area contributed by atoms with Gasteiger partial charge in [0, 0.05) is 42.2 Å². The number of rotatable bonds is 5. The number of pyridine rings is 2. The predicted molar refractivity (Wildman–Crippen MR) is 196 cm³/mol. The molecule has 276 valence electrons. The third kappa shape index (κ3) is 6.21. The van der Waals surface area contributed by atoms with Crippen LogP contribution >= 0.6 is 11.6 Å². The average Bonchev–Trinajstić information content (AvgIpc) is 3.60. The molecule has 14 heteroatoms. The molecule has 6 heterocycles. The van der Waals surface area contributed by atoms with E-state index < -0.39 is 12.7 Å². The van der Waals surface area contributed by atoms with Crippen molar-refractivity contribution in [2.24, 2.45) is 11.7 Å². The number of hydrogen-bond donors (Lipinski definition) is 2. The van der Waals surface area contributed by atoms with Crippen LogP contribution in [0.4, 0.5) is 8.78 Å². The number of nitrogens with two attached hydrogens (primary N) is 1. The van der Waals surface area contributed by atoms with Gasteiger partial charge in [0.15, 0.2) is 11.6 Å². The van der Waals surface area contributed by atoms with E-state index in [1.807, 2.05) is 34.6 Å². The molecule has 0 spiro atoms. The number of fused-ring (bicyclic) bond motifs is 5. The fourth-order valence-corrected chi connectivity index (χ4v) is 8.90. The lowest BCUT2D eigenvalue weighted by Gasteiger charge is -2.37. The Bertz CT molecular complexity index is 2270. The number of halogens is 3. The Morgan fingerprint density at radius 2 is 1.85 bits per heavy atom. The first kappa shape index (κ1) is 34.2. The number of alkyl halides is 2. The Morgan fingerprint density at radius 3 is 2.66 bits per heavy atom. The molecule has 0 radical (unpaired) electrons. The molecule has 1 saturated heterocycles. The Kier molecular flexibility index (Phi) is 8.61. The van der Waals surface area contributed by atoms with E-state index in [1.54, 1.807) is 18.2 Å². The topological polar surface area (TPSA) is 133 Å². The quantitative estimate of drug-likeness (QED) is 0.182. The molecule has 53 heavy (non-hydrogen) atoms. The highest BCUT2D eigenvalue weighted by Gasteiger charge is 2.41. The van der Waals surface area contributed by atoms with Gasteiger partial charge in [-0.2, -0.15) is 8.78 Å². The van der Waals surface area contributed by atoms with Crippen LogP contribution in [0.15, 0.2) is 42.5 Å². The molecule has 3 fully saturated rings. The zero-order valence-corrected chi connectivity index (χ0v) is 30.2. The second-order valence-electron chi connectivity index (χ2n) is 15.1. The van der Waals surface area contributed by atoms with Crippen molar-refractivity contribution in [3.63, 3.8) is 0 Å². The summed E-state index contributed by atoms with van der Waals surface area (Å²) in [6, 6.07) is 12.1. The average molecular weight is 743 g/mol. The lowest BCUT2D eigenvalue weighted by Crippen LogP contribution is -2.51. The maximum Gasteiger partial charge on any atom is 0.387 e. The standard InChI is InChI=1S/C39H41ClF2N8O3/c1-20-28-12-7-22-17-31(48(35(22)46-28)14-4-2-3-5-29-26(37(51)44-20)11-13-33(40)45-29)36-47-30-16-23(38(52)49-19-27(43)21-6-8-25(49)15-21)18-32(53-39(41)42)34(30)50(36)24-9-10-24/h7,11-13,16-18,20-21,24-25,27,39H,2-6,8-10,14-15,19,43H2,1H3,(H,44,51)/t20-,21-,25+,27+/m1/s1. The summed E-state index contributed by atoms with van der Waals surface area (Å²) in [7, 11) is 0. The van der Waals surface area contributed by atoms with Gasteiger partial charge in [0.2, 0.25) is 0 Å². The molecule has 4 aromatic heterocycles. The molecule has 11 nitrogen and oxygen atoms in total. The van der Waals surface area contributed by atoms with E-state index in [0.29, 0.717) is 64.4 Å². The van der Waals surface area contributed by atoms with Crippen LogP contribution in [0.3, 0.4) is 0 Å². The maximum absolute atomic E-state index is 14.1. The number of hydrogen-bond acceptors (Lipinski definition) is 7. The summed E-state index contributed by atoms with van der Waals surface area (Å²) in [6.45, 7) is -0.127. The number of carbonyl (C=O) groups excluding carboxylic acids is 2. The molecular weight excluding hydrogens is 702 g/mol. The lowest BCUT2D eigenvalue weighted by atomic mass is 9.94. The molecule has 2 aliphatic carbocycles. The van der Waals surface area contributed by atoms with Crippen molar-refractivity contribution in [3.8, 4) is 17.3 Å². The molecule has 4 atom stereocenters. The Balaban J connectivity index is 1.15. The van der Waals surface area contributed by atoms with E-state index >= 15 is 0 Å². The van der Waals surface area contributed by atoms with E-state index in [2.05, 4.69) is 14.9 Å². The van der Waals surface area contributed by atoms with Gasteiger partial charge in [0.05, 0.1) is 34.2 Å². The minimum absolute atomic E-state index is 0.0366. The summed E-state index contributed by atoms with van der Waals surface area (Å²) in [5.41, 5.74) is 11.0. The molecule has 5 aromatic rings. The fraction of sp³-hybridized carbons (Fsp3) is 0.462. The summed E-state index contributed by atoms with van der Waals surface area (Å²) in [4.78, 5) is 44.0. The number of aryl methyl sites for hydroxylation is 2. The molecule has 2 amide bonds. The molecule has 4 aliphatic rings. The van der Waals surface area contributed by atoms with Crippen LogP contribution in [0.25, 0.3) is 33.6 Å². The van der Waals surface area contributed by atoms with E-state index in [0.717, 1.165) is 68.1 Å². The van der Waals surface area contributed by atoms with E-state index in [-0.39, 0.29) is 41.3 Å². The number of benzene rings is 1. The van der Waals surface area contributed by atoms with Gasteiger partial charge in [0.25, 0.3) is 11.8 Å². The summed E-state index contributed by atoms with van der Waals surface area (Å²) < 4.78 is 37.5. The highest BCUT2D eigenvalue weighted by Crippen LogP contribution is 2.46. The first-order chi connectivity index (χ1) is 25.6. The number of imidazole rings is 1. The smallest absolute Gasteiger partial charge is 0.387 e. The third-order valence-electron chi connectivity index (χ3n) is 11.6. The molecule has 9 rings (SSSR count). The molecule has 1 aromatic carbocycles. The first-order valence-corrected chi connectivity index (χ1v) is 19.0. The molecule has 2 saturated carbocycles. The number of amides is 2. The summed E-state index contributed by atoms with van der Waals surface area (Å²) in [6.07, 6.45) is 7.52. The fourth-order valence-electron chi connectivity index (χ4n) is 8.73. The second-order valence-corrected chi connectivity index (χ2v) is 15.5. The number of aromatic nitrogens is 5. The zero-order chi connectivity index (χ0) is 36.5. The number of likely N-dealkylation sites (tertiary alicyclic amines) is 1. The number of carbonyl (C=O) groups is 2. The van der Waals surface area contributed by atoms with Crippen LogP contribution in [0.2, 0.25) is 5.15 Å². The van der Waals surface area contributed by atoms with Crippen molar-refractivity contribution in [1.29, 1.82) is 0 Å². The van der Waals surface area contributed by atoms with Crippen LogP contribution in [0, 0.1) is 5.92 Å². The predicted octanol–water partition coefficient (Wildman–Crippen LogP) is 7.21. The maximum atomic E-state index is 14.1. The molecule has 0 unspecified atom stereocenters. The second kappa shape index (κ2) is 13.3. The number of piperidine rings is 1. The van der Waals surface area contributed by atoms with Crippen LogP contribution < -0.4 is 15.8 Å². The Labute approximate surface area is 309 Å². The first-order valence-electron chi connectivity index (χ1n) is 18.7. The van der Waals surface area contributed by atoms with Crippen LogP contribution in [-0.2, 0) is 13.0 Å². The van der Waals surface area contributed by atoms with Crippen LogP contribution in [0.5, 0.6) is 5.75 Å². The number of ether oxygens (including phenoxy) is 1. The molecule has 3 N–H and O–H groups in total. The monoisotopic (exact) mass is 742 g/mol. The van der Waals surface area contributed by atoms with E-state index in [9.17, 15) is 18.4 Å². The van der Waals surface area contributed by atoms with Crippen molar-refractivity contribution in [2.75, 3.05) is 6.54 Å². The van der Waals surface area contributed by atoms with Gasteiger partial charge in [-0.05, 0) is 107 Å². The highest BCUT2D eigenvalue weighted by atomic mass is 35.5. The Morgan fingerprint density at radius 1 is 1.02 bits per heavy atom. The van der Waals surface area contributed by atoms with Crippen LogP contribution in [0.1, 0.15) is 102 Å². The highest BCUT2D eigenvalue weighted by molar-refractivity contribution is 6.29. The largest absolute Gasteiger partial charge is 0.432 e. The van der Waals surface area contributed by atoms with E-state index in [4.69, 9.17) is 32.0 Å². The molecular formula is C39H41ClF2N8O3. The van der Waals surface area contributed by atoms with Crippen molar-refractivity contribution in [2.45, 2.75) is 102 Å². The summed E-state index contributed by atoms with van der Waals surface area (Å²) in [5, 5.41) is 4.33. The SMILES string of the molecule is C[C@H]1NC(=O)c2ccc(Cl)nc2CCCCCn2c(-c3nc4cc(C(=O)N5C[C@H](N)[C@@H]6CC[C@H]5C6)cc(OC(F)F)c4n3C3CC3)cc3ccc1nc32. The van der Waals surface area contributed by atoms with Crippen molar-refractivity contribution in [1.82, 2.24) is 34.3 Å². The minimum atomic E-state index is -3.09. The third-order valence-corrected chi connectivity index (χ3v) is 11.8. The zero-order valence-electron chi connectivity index (χ0n) is 29.4. The van der Waals surface area contributed by atoms with Crippen molar-refractivity contribution in [3.05, 3.63) is 70.1 Å². The summed E-state index contributed by atoms with van der Waals surface area (Å²) in [5.74, 6) is 0.479.